The quantitative estimate of drug-likeness (QED) is 0.895. The van der Waals surface area contributed by atoms with Crippen molar-refractivity contribution in [3.63, 3.8) is 0 Å². The van der Waals surface area contributed by atoms with Crippen molar-refractivity contribution >= 4 is 0 Å². The fourth-order valence-corrected chi connectivity index (χ4v) is 2.24. The molecule has 2 N–H and O–H groups in total. The van der Waals surface area contributed by atoms with Gasteiger partial charge >= 0.3 is 0 Å². The zero-order chi connectivity index (χ0) is 14.9. The number of aryl methyl sites for hydroxylation is 3. The van der Waals surface area contributed by atoms with E-state index in [0.29, 0.717) is 12.0 Å². The molecule has 0 bridgehead atoms. The third kappa shape index (κ3) is 3.05. The van der Waals surface area contributed by atoms with Crippen molar-refractivity contribution < 1.29 is 8.78 Å². The third-order valence-corrected chi connectivity index (χ3v) is 3.70. The van der Waals surface area contributed by atoms with Crippen molar-refractivity contribution in [1.82, 2.24) is 0 Å². The highest BCUT2D eigenvalue weighted by atomic mass is 19.1. The zero-order valence-electron chi connectivity index (χ0n) is 12.0. The van der Waals surface area contributed by atoms with Gasteiger partial charge in [0.05, 0.1) is 0 Å². The maximum atomic E-state index is 13.9. The number of nitrogens with two attached hydrogens (primary N) is 1. The minimum atomic E-state index is -0.549. The van der Waals surface area contributed by atoms with E-state index in [4.69, 9.17) is 5.73 Å². The van der Waals surface area contributed by atoms with Crippen LogP contribution in [-0.4, -0.2) is 0 Å². The van der Waals surface area contributed by atoms with Gasteiger partial charge in [0.15, 0.2) is 0 Å². The Hall–Kier alpha value is -1.74. The molecule has 0 aliphatic carbocycles. The van der Waals surface area contributed by atoms with Gasteiger partial charge in [-0.25, -0.2) is 8.78 Å². The zero-order valence-corrected chi connectivity index (χ0v) is 12.0. The van der Waals surface area contributed by atoms with Crippen LogP contribution in [0.1, 0.15) is 33.9 Å². The summed E-state index contributed by atoms with van der Waals surface area (Å²) in [5.41, 5.74) is 9.96. The van der Waals surface area contributed by atoms with Gasteiger partial charge in [-0.1, -0.05) is 18.2 Å². The van der Waals surface area contributed by atoms with Gasteiger partial charge in [0.1, 0.15) is 11.6 Å². The average molecular weight is 275 g/mol. The van der Waals surface area contributed by atoms with E-state index in [1.807, 2.05) is 32.0 Å². The summed E-state index contributed by atoms with van der Waals surface area (Å²) in [6.07, 6.45) is 0.487. The Morgan fingerprint density at radius 3 is 2.25 bits per heavy atom. The van der Waals surface area contributed by atoms with E-state index in [2.05, 4.69) is 0 Å². The van der Waals surface area contributed by atoms with Crippen molar-refractivity contribution in [2.24, 2.45) is 5.73 Å². The Morgan fingerprint density at radius 2 is 1.60 bits per heavy atom. The molecule has 1 atom stereocenters. The smallest absolute Gasteiger partial charge is 0.128 e. The predicted octanol–water partition coefficient (Wildman–Crippen LogP) is 4.13. The standard InChI is InChI=1S/C17H19F2N/c1-10-4-5-13(6-11(10)2)8-17(20)14-9-15(18)12(3)7-16(14)19/h4-7,9,17H,8,20H2,1-3H3. The molecule has 0 heterocycles. The summed E-state index contributed by atoms with van der Waals surface area (Å²) in [5, 5.41) is 0. The fraction of sp³-hybridized carbons (Fsp3) is 0.294. The van der Waals surface area contributed by atoms with Crippen molar-refractivity contribution in [3.05, 3.63) is 69.8 Å². The minimum absolute atomic E-state index is 0.228. The lowest BCUT2D eigenvalue weighted by Gasteiger charge is -2.15. The predicted molar refractivity (Wildman–Crippen MR) is 77.6 cm³/mol. The van der Waals surface area contributed by atoms with Crippen LogP contribution in [0.2, 0.25) is 0 Å². The third-order valence-electron chi connectivity index (χ3n) is 3.70. The van der Waals surface area contributed by atoms with Crippen LogP contribution in [-0.2, 0) is 6.42 Å². The van der Waals surface area contributed by atoms with Crippen LogP contribution in [0.4, 0.5) is 8.78 Å². The van der Waals surface area contributed by atoms with Gasteiger partial charge in [0, 0.05) is 11.6 Å². The second-order valence-electron chi connectivity index (χ2n) is 5.35. The molecule has 0 aliphatic rings. The molecule has 1 unspecified atom stereocenters. The molecule has 106 valence electrons. The highest BCUT2D eigenvalue weighted by Gasteiger charge is 2.15. The molecule has 0 aromatic heterocycles. The molecule has 0 radical (unpaired) electrons. The maximum absolute atomic E-state index is 13.9. The second-order valence-corrected chi connectivity index (χ2v) is 5.35. The first-order valence-corrected chi connectivity index (χ1v) is 6.65. The van der Waals surface area contributed by atoms with E-state index in [0.717, 1.165) is 5.56 Å². The molecule has 0 saturated heterocycles. The van der Waals surface area contributed by atoms with Crippen LogP contribution in [0, 0.1) is 32.4 Å². The molecule has 20 heavy (non-hydrogen) atoms. The van der Waals surface area contributed by atoms with Crippen molar-refractivity contribution in [2.45, 2.75) is 33.2 Å². The van der Waals surface area contributed by atoms with E-state index >= 15 is 0 Å². The first-order chi connectivity index (χ1) is 9.38. The Balaban J connectivity index is 2.25. The van der Waals surface area contributed by atoms with E-state index in [9.17, 15) is 8.78 Å². The average Bonchev–Trinajstić information content (AvgIpc) is 2.38. The number of hydrogen-bond donors (Lipinski definition) is 1. The van der Waals surface area contributed by atoms with Crippen molar-refractivity contribution in [2.75, 3.05) is 0 Å². The lowest BCUT2D eigenvalue weighted by atomic mass is 9.96. The Bertz CT molecular complexity index is 635. The number of hydrogen-bond acceptors (Lipinski definition) is 1. The van der Waals surface area contributed by atoms with Gasteiger partial charge < -0.3 is 5.73 Å². The molecule has 3 heteroatoms. The summed E-state index contributed by atoms with van der Waals surface area (Å²) in [4.78, 5) is 0. The van der Waals surface area contributed by atoms with Gasteiger partial charge in [-0.2, -0.15) is 0 Å². The Kier molecular flexibility index (Phi) is 4.19. The lowest BCUT2D eigenvalue weighted by molar-refractivity contribution is 0.556. The molecular formula is C17H19F2N. The molecule has 0 amide bonds. The SMILES string of the molecule is Cc1ccc(CC(N)c2cc(F)c(C)cc2F)cc1C. The number of rotatable bonds is 3. The fourth-order valence-electron chi connectivity index (χ4n) is 2.24. The van der Waals surface area contributed by atoms with Gasteiger partial charge in [-0.05, 0) is 61.6 Å². The summed E-state index contributed by atoms with van der Waals surface area (Å²) < 4.78 is 27.4. The van der Waals surface area contributed by atoms with Crippen LogP contribution in [0.15, 0.2) is 30.3 Å². The van der Waals surface area contributed by atoms with Crippen LogP contribution < -0.4 is 5.73 Å². The summed E-state index contributed by atoms with van der Waals surface area (Å²) in [6, 6.07) is 7.89. The molecule has 0 aliphatic heterocycles. The highest BCUT2D eigenvalue weighted by molar-refractivity contribution is 5.33. The second kappa shape index (κ2) is 5.71. The monoisotopic (exact) mass is 275 g/mol. The molecule has 0 spiro atoms. The van der Waals surface area contributed by atoms with Gasteiger partial charge in [-0.15, -0.1) is 0 Å². The van der Waals surface area contributed by atoms with Gasteiger partial charge in [0.2, 0.25) is 0 Å². The number of benzene rings is 2. The first-order valence-electron chi connectivity index (χ1n) is 6.65. The summed E-state index contributed by atoms with van der Waals surface area (Å²) in [6.45, 7) is 5.60. The highest BCUT2D eigenvalue weighted by Crippen LogP contribution is 2.23. The molecule has 2 rings (SSSR count). The first kappa shape index (κ1) is 14.7. The molecule has 2 aromatic rings. The Morgan fingerprint density at radius 1 is 0.900 bits per heavy atom. The molecule has 0 saturated carbocycles. The van der Waals surface area contributed by atoms with Gasteiger partial charge in [-0.3, -0.25) is 0 Å². The van der Waals surface area contributed by atoms with Crippen LogP contribution in [0.5, 0.6) is 0 Å². The lowest BCUT2D eigenvalue weighted by Crippen LogP contribution is -2.16. The van der Waals surface area contributed by atoms with Crippen molar-refractivity contribution in [3.8, 4) is 0 Å². The minimum Gasteiger partial charge on any atom is -0.324 e. The van der Waals surface area contributed by atoms with E-state index < -0.39 is 17.7 Å². The largest absolute Gasteiger partial charge is 0.324 e. The molecular weight excluding hydrogens is 256 g/mol. The Labute approximate surface area is 118 Å². The summed E-state index contributed by atoms with van der Waals surface area (Å²) in [7, 11) is 0. The maximum Gasteiger partial charge on any atom is 0.128 e. The molecule has 0 fully saturated rings. The normalized spacial score (nSPS) is 12.5. The van der Waals surface area contributed by atoms with Crippen LogP contribution >= 0.6 is 0 Å². The summed E-state index contributed by atoms with van der Waals surface area (Å²) in [5.74, 6) is -0.864. The van der Waals surface area contributed by atoms with Crippen LogP contribution in [0.3, 0.4) is 0 Å². The topological polar surface area (TPSA) is 26.0 Å². The molecule has 2 aromatic carbocycles. The van der Waals surface area contributed by atoms with E-state index in [1.54, 1.807) is 0 Å². The van der Waals surface area contributed by atoms with Crippen molar-refractivity contribution in [1.29, 1.82) is 0 Å². The summed E-state index contributed by atoms with van der Waals surface area (Å²) >= 11 is 0. The molecule has 1 nitrogen and oxygen atoms in total. The van der Waals surface area contributed by atoms with Gasteiger partial charge in [0.25, 0.3) is 0 Å². The van der Waals surface area contributed by atoms with E-state index in [1.165, 1.54) is 30.2 Å². The van der Waals surface area contributed by atoms with E-state index in [-0.39, 0.29) is 5.56 Å². The number of halogens is 2. The van der Waals surface area contributed by atoms with Crippen LogP contribution in [0.25, 0.3) is 0 Å².